The molecule has 1 rings (SSSR count). The predicted molar refractivity (Wildman–Crippen MR) is 68.3 cm³/mol. The Kier molecular flexibility index (Phi) is 5.67. The maximum absolute atomic E-state index is 13.0. The van der Waals surface area contributed by atoms with Crippen molar-refractivity contribution in [2.24, 2.45) is 5.92 Å². The van der Waals surface area contributed by atoms with Gasteiger partial charge in [0, 0.05) is 11.6 Å². The molecule has 0 aliphatic rings. The molecular weight excluding hydrogens is 217 g/mol. The number of benzene rings is 1. The molecule has 94 valence electrons. The van der Waals surface area contributed by atoms with E-state index in [1.807, 2.05) is 6.92 Å². The highest BCUT2D eigenvalue weighted by Gasteiger charge is 2.15. The van der Waals surface area contributed by atoms with Gasteiger partial charge in [-0.2, -0.15) is 0 Å². The van der Waals surface area contributed by atoms with Crippen LogP contribution in [0.4, 0.5) is 10.1 Å². The summed E-state index contributed by atoms with van der Waals surface area (Å²) in [6.45, 7) is 4.11. The summed E-state index contributed by atoms with van der Waals surface area (Å²) in [5.41, 5.74) is 0.532. The average Bonchev–Trinajstić information content (AvgIpc) is 2.30. The van der Waals surface area contributed by atoms with Crippen LogP contribution in [-0.4, -0.2) is 5.91 Å². The number of halogens is 1. The molecule has 0 bridgehead atoms. The van der Waals surface area contributed by atoms with Gasteiger partial charge in [0.2, 0.25) is 5.91 Å². The summed E-state index contributed by atoms with van der Waals surface area (Å²) in [5.74, 6) is -0.311. The monoisotopic (exact) mass is 237 g/mol. The van der Waals surface area contributed by atoms with Crippen LogP contribution in [0.25, 0.3) is 0 Å². The Bertz CT molecular complexity index is 365. The van der Waals surface area contributed by atoms with E-state index in [0.29, 0.717) is 5.69 Å². The molecule has 2 nitrogen and oxygen atoms in total. The van der Waals surface area contributed by atoms with Crippen LogP contribution in [0.15, 0.2) is 24.3 Å². The molecule has 0 heterocycles. The molecule has 0 aliphatic carbocycles. The summed E-state index contributed by atoms with van der Waals surface area (Å²) in [4.78, 5) is 11.9. The molecule has 1 unspecified atom stereocenters. The lowest BCUT2D eigenvalue weighted by Gasteiger charge is -2.14. The predicted octanol–water partition coefficient (Wildman–Crippen LogP) is 3.98. The van der Waals surface area contributed by atoms with Crippen LogP contribution >= 0.6 is 0 Å². The molecule has 1 atom stereocenters. The molecule has 3 heteroatoms. The zero-order chi connectivity index (χ0) is 12.7. The van der Waals surface area contributed by atoms with Gasteiger partial charge in [-0.3, -0.25) is 4.79 Å². The van der Waals surface area contributed by atoms with Crippen LogP contribution < -0.4 is 5.32 Å². The molecule has 0 radical (unpaired) electrons. The first-order valence-electron chi connectivity index (χ1n) is 6.23. The van der Waals surface area contributed by atoms with Gasteiger partial charge in [-0.05, 0) is 31.0 Å². The van der Waals surface area contributed by atoms with Gasteiger partial charge in [0.25, 0.3) is 0 Å². The van der Waals surface area contributed by atoms with E-state index in [1.165, 1.54) is 12.1 Å². The number of carbonyl (C=O) groups is 1. The van der Waals surface area contributed by atoms with Crippen molar-refractivity contribution >= 4 is 11.6 Å². The molecule has 1 aromatic rings. The number of carbonyl (C=O) groups excluding carboxylic acids is 1. The minimum atomic E-state index is -0.329. The average molecular weight is 237 g/mol. The van der Waals surface area contributed by atoms with Crippen molar-refractivity contribution in [3.05, 3.63) is 30.1 Å². The number of hydrogen-bond acceptors (Lipinski definition) is 1. The maximum atomic E-state index is 13.0. The van der Waals surface area contributed by atoms with Gasteiger partial charge >= 0.3 is 0 Å². The normalized spacial score (nSPS) is 12.2. The van der Waals surface area contributed by atoms with Gasteiger partial charge in [0.15, 0.2) is 0 Å². The molecule has 0 spiro atoms. The first-order chi connectivity index (χ1) is 8.17. The summed E-state index contributed by atoms with van der Waals surface area (Å²) in [6, 6.07) is 6.00. The second kappa shape index (κ2) is 7.05. The first-order valence-corrected chi connectivity index (χ1v) is 6.23. The minimum absolute atomic E-state index is 0.00782. The summed E-state index contributed by atoms with van der Waals surface area (Å²) in [7, 11) is 0. The fraction of sp³-hybridized carbons (Fsp3) is 0.500. The molecule has 0 aliphatic heterocycles. The van der Waals surface area contributed by atoms with Crippen molar-refractivity contribution in [3.63, 3.8) is 0 Å². The lowest BCUT2D eigenvalue weighted by molar-refractivity contribution is -0.120. The van der Waals surface area contributed by atoms with Crippen LogP contribution in [0.1, 0.15) is 39.5 Å². The summed E-state index contributed by atoms with van der Waals surface area (Å²) < 4.78 is 13.0. The summed E-state index contributed by atoms with van der Waals surface area (Å²) in [5, 5.41) is 2.76. The molecule has 1 amide bonds. The van der Waals surface area contributed by atoms with Crippen molar-refractivity contribution in [1.82, 2.24) is 0 Å². The highest BCUT2D eigenvalue weighted by Crippen LogP contribution is 2.16. The summed E-state index contributed by atoms with van der Waals surface area (Å²) >= 11 is 0. The van der Waals surface area contributed by atoms with Crippen LogP contribution in [0.3, 0.4) is 0 Å². The standard InChI is InChI=1S/C14H20FNO/c1-3-5-7-11(4-2)14(17)16-13-9-6-8-12(15)10-13/h6,8-11H,3-5,7H2,1-2H3,(H,16,17). The Morgan fingerprint density at radius 3 is 2.76 bits per heavy atom. The van der Waals surface area contributed by atoms with Crippen LogP contribution in [0, 0.1) is 11.7 Å². The zero-order valence-electron chi connectivity index (χ0n) is 10.5. The van der Waals surface area contributed by atoms with E-state index in [4.69, 9.17) is 0 Å². The van der Waals surface area contributed by atoms with Gasteiger partial charge in [0.05, 0.1) is 0 Å². The van der Waals surface area contributed by atoms with Crippen molar-refractivity contribution in [2.75, 3.05) is 5.32 Å². The third-order valence-electron chi connectivity index (χ3n) is 2.86. The van der Waals surface area contributed by atoms with E-state index in [0.717, 1.165) is 25.7 Å². The highest BCUT2D eigenvalue weighted by molar-refractivity contribution is 5.92. The van der Waals surface area contributed by atoms with Gasteiger partial charge in [-0.15, -0.1) is 0 Å². The van der Waals surface area contributed by atoms with Gasteiger partial charge < -0.3 is 5.32 Å². The van der Waals surface area contributed by atoms with Gasteiger partial charge in [0.1, 0.15) is 5.82 Å². The van der Waals surface area contributed by atoms with E-state index in [2.05, 4.69) is 12.2 Å². The van der Waals surface area contributed by atoms with E-state index >= 15 is 0 Å². The van der Waals surface area contributed by atoms with Crippen molar-refractivity contribution in [3.8, 4) is 0 Å². The Morgan fingerprint density at radius 2 is 2.18 bits per heavy atom. The Labute approximate surface area is 102 Å². The third-order valence-corrected chi connectivity index (χ3v) is 2.86. The van der Waals surface area contributed by atoms with E-state index in [-0.39, 0.29) is 17.6 Å². The number of anilines is 1. The van der Waals surface area contributed by atoms with Gasteiger partial charge in [-0.1, -0.05) is 32.8 Å². The topological polar surface area (TPSA) is 29.1 Å². The van der Waals surface area contributed by atoms with Crippen molar-refractivity contribution in [2.45, 2.75) is 39.5 Å². The quantitative estimate of drug-likeness (QED) is 0.796. The zero-order valence-corrected chi connectivity index (χ0v) is 10.5. The number of unbranched alkanes of at least 4 members (excludes halogenated alkanes) is 1. The molecule has 0 saturated carbocycles. The number of hydrogen-bond donors (Lipinski definition) is 1. The van der Waals surface area contributed by atoms with E-state index in [1.54, 1.807) is 12.1 Å². The molecule has 0 saturated heterocycles. The van der Waals surface area contributed by atoms with Crippen LogP contribution in [0.5, 0.6) is 0 Å². The molecule has 1 aromatic carbocycles. The maximum Gasteiger partial charge on any atom is 0.227 e. The van der Waals surface area contributed by atoms with E-state index < -0.39 is 0 Å². The van der Waals surface area contributed by atoms with Crippen LogP contribution in [0.2, 0.25) is 0 Å². The van der Waals surface area contributed by atoms with Crippen molar-refractivity contribution < 1.29 is 9.18 Å². The Morgan fingerprint density at radius 1 is 1.41 bits per heavy atom. The molecule has 1 N–H and O–H groups in total. The second-order valence-corrected chi connectivity index (χ2v) is 4.25. The number of amides is 1. The SMILES string of the molecule is CCCCC(CC)C(=O)Nc1cccc(F)c1. The Balaban J connectivity index is 2.57. The lowest BCUT2D eigenvalue weighted by Crippen LogP contribution is -2.22. The number of nitrogens with one attached hydrogen (secondary N) is 1. The minimum Gasteiger partial charge on any atom is -0.326 e. The summed E-state index contributed by atoms with van der Waals surface area (Å²) in [6.07, 6.45) is 3.86. The first kappa shape index (κ1) is 13.7. The van der Waals surface area contributed by atoms with Crippen LogP contribution in [-0.2, 0) is 4.79 Å². The highest BCUT2D eigenvalue weighted by atomic mass is 19.1. The van der Waals surface area contributed by atoms with Gasteiger partial charge in [-0.25, -0.2) is 4.39 Å². The number of rotatable bonds is 6. The second-order valence-electron chi connectivity index (χ2n) is 4.25. The van der Waals surface area contributed by atoms with E-state index in [9.17, 15) is 9.18 Å². The molecule has 17 heavy (non-hydrogen) atoms. The molecular formula is C14H20FNO. The fourth-order valence-electron chi connectivity index (χ4n) is 1.78. The molecule has 0 aromatic heterocycles. The molecule has 0 fully saturated rings. The smallest absolute Gasteiger partial charge is 0.227 e. The third kappa shape index (κ3) is 4.55. The lowest BCUT2D eigenvalue weighted by atomic mass is 9.98. The largest absolute Gasteiger partial charge is 0.326 e. The fourth-order valence-corrected chi connectivity index (χ4v) is 1.78. The van der Waals surface area contributed by atoms with Crippen molar-refractivity contribution in [1.29, 1.82) is 0 Å². The Hall–Kier alpha value is -1.38.